The molecule has 1 amide bonds. The fourth-order valence-electron chi connectivity index (χ4n) is 0.770. The van der Waals surface area contributed by atoms with Crippen LogP contribution in [-0.2, 0) is 4.79 Å². The lowest BCUT2D eigenvalue weighted by atomic mass is 10.4. The van der Waals surface area contributed by atoms with Crippen molar-refractivity contribution >= 4 is 5.91 Å². The molecular weight excluding hydrogens is 156 g/mol. The van der Waals surface area contributed by atoms with Crippen LogP contribution in [0.25, 0.3) is 0 Å². The highest BCUT2D eigenvalue weighted by atomic mass is 16.2. The Balaban J connectivity index is 0.000000127. The van der Waals surface area contributed by atoms with Crippen molar-refractivity contribution < 1.29 is 4.79 Å². The van der Waals surface area contributed by atoms with Gasteiger partial charge >= 0.3 is 0 Å². The van der Waals surface area contributed by atoms with Crippen LogP contribution >= 0.6 is 0 Å². The van der Waals surface area contributed by atoms with Gasteiger partial charge in [0, 0.05) is 25.5 Å². The molecule has 0 radical (unpaired) electrons. The fraction of sp³-hybridized carbons (Fsp3) is 0.429. The molecule has 12 heavy (non-hydrogen) atoms. The van der Waals surface area contributed by atoms with Crippen LogP contribution in [0.1, 0.15) is 0 Å². The van der Waals surface area contributed by atoms with Crippen LogP contribution in [0.4, 0.5) is 0 Å². The third-order valence-electron chi connectivity index (χ3n) is 1.32. The van der Waals surface area contributed by atoms with Gasteiger partial charge in [-0.15, -0.1) is 0 Å². The summed E-state index contributed by atoms with van der Waals surface area (Å²) in [5.74, 6) is 0.103. The smallest absolute Gasteiger partial charge is 0.234 e. The van der Waals surface area contributed by atoms with E-state index >= 15 is 0 Å². The Morgan fingerprint density at radius 3 is 2.58 bits per heavy atom. The van der Waals surface area contributed by atoms with Gasteiger partial charge in [0.15, 0.2) is 0 Å². The number of carbonyl (C=O) groups excluding carboxylic acids is 1. The number of imidazole rings is 1. The quantitative estimate of drug-likeness (QED) is 0.471. The lowest BCUT2D eigenvalue weighted by Gasteiger charge is -2.11. The summed E-state index contributed by atoms with van der Waals surface area (Å²) in [6.07, 6.45) is 5.08. The first-order valence-corrected chi connectivity index (χ1v) is 3.80. The number of aromatic nitrogens is 2. The van der Waals surface area contributed by atoms with Crippen molar-refractivity contribution in [3.8, 4) is 0 Å². The van der Waals surface area contributed by atoms with Crippen molar-refractivity contribution in [1.29, 1.82) is 0 Å². The second kappa shape index (κ2) is 5.31. The molecule has 1 aromatic rings. The van der Waals surface area contributed by atoms with Gasteiger partial charge in [-0.25, -0.2) is 4.98 Å². The summed E-state index contributed by atoms with van der Waals surface area (Å²) in [7, 11) is 0. The second-order valence-corrected chi connectivity index (χ2v) is 2.29. The number of nitrogens with zero attached hydrogens (tertiary/aromatic N) is 1. The maximum absolute atomic E-state index is 10.3. The molecule has 2 rings (SSSR count). The van der Waals surface area contributed by atoms with Crippen molar-refractivity contribution in [1.82, 2.24) is 20.6 Å². The molecule has 0 aromatic carbocycles. The third kappa shape index (κ3) is 3.72. The zero-order chi connectivity index (χ0) is 8.65. The van der Waals surface area contributed by atoms with Crippen LogP contribution in [0.3, 0.4) is 0 Å². The van der Waals surface area contributed by atoms with E-state index < -0.39 is 0 Å². The molecule has 1 fully saturated rings. The predicted molar refractivity (Wildman–Crippen MR) is 44.5 cm³/mol. The molecular formula is C7H12N4O. The van der Waals surface area contributed by atoms with E-state index in [1.54, 1.807) is 18.7 Å². The molecule has 0 bridgehead atoms. The number of rotatable bonds is 0. The number of nitrogens with one attached hydrogen (secondary N) is 3. The Morgan fingerprint density at radius 1 is 1.42 bits per heavy atom. The molecule has 66 valence electrons. The van der Waals surface area contributed by atoms with Crippen LogP contribution < -0.4 is 10.6 Å². The summed E-state index contributed by atoms with van der Waals surface area (Å²) >= 11 is 0. The Morgan fingerprint density at radius 2 is 2.33 bits per heavy atom. The SMILES string of the molecule is O=C1CNCCN1.c1c[nH]cn1. The molecule has 5 heteroatoms. The average Bonchev–Trinajstić information content (AvgIpc) is 2.62. The molecule has 3 N–H and O–H groups in total. The van der Waals surface area contributed by atoms with Gasteiger partial charge < -0.3 is 15.6 Å². The average molecular weight is 168 g/mol. The predicted octanol–water partition coefficient (Wildman–Crippen LogP) is -0.884. The van der Waals surface area contributed by atoms with Crippen molar-refractivity contribution in [2.45, 2.75) is 0 Å². The Kier molecular flexibility index (Phi) is 3.87. The van der Waals surface area contributed by atoms with Crippen LogP contribution in [0.2, 0.25) is 0 Å². The minimum atomic E-state index is 0.103. The van der Waals surface area contributed by atoms with Gasteiger partial charge in [-0.3, -0.25) is 4.79 Å². The molecule has 5 nitrogen and oxygen atoms in total. The summed E-state index contributed by atoms with van der Waals surface area (Å²) in [5, 5.41) is 5.60. The monoisotopic (exact) mass is 168 g/mol. The summed E-state index contributed by atoms with van der Waals surface area (Å²) in [4.78, 5) is 16.7. The molecule has 0 spiro atoms. The molecule has 1 aliphatic heterocycles. The van der Waals surface area contributed by atoms with Crippen molar-refractivity contribution in [3.63, 3.8) is 0 Å². The van der Waals surface area contributed by atoms with Gasteiger partial charge in [0.2, 0.25) is 5.91 Å². The molecule has 1 aromatic heterocycles. The van der Waals surface area contributed by atoms with Crippen molar-refractivity contribution in [3.05, 3.63) is 18.7 Å². The zero-order valence-corrected chi connectivity index (χ0v) is 6.71. The molecule has 0 atom stereocenters. The van der Waals surface area contributed by atoms with Crippen LogP contribution in [0.15, 0.2) is 18.7 Å². The van der Waals surface area contributed by atoms with Gasteiger partial charge in [0.05, 0.1) is 12.9 Å². The molecule has 1 saturated heterocycles. The van der Waals surface area contributed by atoms with E-state index in [1.807, 2.05) is 0 Å². The first-order valence-electron chi connectivity index (χ1n) is 3.80. The highest BCUT2D eigenvalue weighted by Crippen LogP contribution is 1.69. The van der Waals surface area contributed by atoms with E-state index in [1.165, 1.54) is 0 Å². The lowest BCUT2D eigenvalue weighted by molar-refractivity contribution is -0.121. The third-order valence-corrected chi connectivity index (χ3v) is 1.32. The van der Waals surface area contributed by atoms with E-state index in [0.29, 0.717) is 6.54 Å². The molecule has 2 heterocycles. The molecule has 1 aliphatic rings. The number of hydrogen-bond donors (Lipinski definition) is 3. The van der Waals surface area contributed by atoms with Gasteiger partial charge in [0.1, 0.15) is 0 Å². The number of piperazine rings is 1. The van der Waals surface area contributed by atoms with Crippen LogP contribution in [0, 0.1) is 0 Å². The maximum atomic E-state index is 10.3. The standard InChI is InChI=1S/C4H8N2O.C3H4N2/c7-4-3-5-1-2-6-4;1-2-5-3-4-1/h5H,1-3H2,(H,6,7);1-3H,(H,4,5). The van der Waals surface area contributed by atoms with Gasteiger partial charge in [-0.2, -0.15) is 0 Å². The summed E-state index contributed by atoms with van der Waals surface area (Å²) < 4.78 is 0. The highest BCUT2D eigenvalue weighted by Gasteiger charge is 2.02. The summed E-state index contributed by atoms with van der Waals surface area (Å²) in [6, 6.07) is 0. The van der Waals surface area contributed by atoms with Gasteiger partial charge in [0.25, 0.3) is 0 Å². The number of amides is 1. The maximum Gasteiger partial charge on any atom is 0.234 e. The van der Waals surface area contributed by atoms with E-state index in [-0.39, 0.29) is 5.91 Å². The van der Waals surface area contributed by atoms with Crippen LogP contribution in [0.5, 0.6) is 0 Å². The normalized spacial score (nSPS) is 15.8. The first kappa shape index (κ1) is 8.73. The Hall–Kier alpha value is -1.36. The van der Waals surface area contributed by atoms with E-state index in [4.69, 9.17) is 0 Å². The van der Waals surface area contributed by atoms with E-state index in [9.17, 15) is 4.79 Å². The van der Waals surface area contributed by atoms with E-state index in [0.717, 1.165) is 13.1 Å². The van der Waals surface area contributed by atoms with Crippen molar-refractivity contribution in [2.24, 2.45) is 0 Å². The minimum Gasteiger partial charge on any atom is -0.354 e. The lowest BCUT2D eigenvalue weighted by Crippen LogP contribution is -2.44. The molecule has 0 aliphatic carbocycles. The number of hydrogen-bond acceptors (Lipinski definition) is 3. The minimum absolute atomic E-state index is 0.103. The topological polar surface area (TPSA) is 69.8 Å². The summed E-state index contributed by atoms with van der Waals surface area (Å²) in [5.41, 5.74) is 0. The van der Waals surface area contributed by atoms with Crippen molar-refractivity contribution in [2.75, 3.05) is 19.6 Å². The Bertz CT molecular complexity index is 184. The van der Waals surface area contributed by atoms with E-state index in [2.05, 4.69) is 20.6 Å². The fourth-order valence-corrected chi connectivity index (χ4v) is 0.770. The summed E-state index contributed by atoms with van der Waals surface area (Å²) in [6.45, 7) is 2.17. The second-order valence-electron chi connectivity index (χ2n) is 2.29. The zero-order valence-electron chi connectivity index (χ0n) is 6.71. The highest BCUT2D eigenvalue weighted by molar-refractivity contribution is 5.78. The number of aromatic amines is 1. The molecule has 0 saturated carbocycles. The van der Waals surface area contributed by atoms with Crippen LogP contribution in [-0.4, -0.2) is 35.5 Å². The van der Waals surface area contributed by atoms with Gasteiger partial charge in [-0.05, 0) is 0 Å². The first-order chi connectivity index (χ1) is 5.89. The largest absolute Gasteiger partial charge is 0.354 e. The van der Waals surface area contributed by atoms with Gasteiger partial charge in [-0.1, -0.05) is 0 Å². The Labute approximate surface area is 70.6 Å². The number of H-pyrrole nitrogens is 1. The number of carbonyl (C=O) groups is 1. The molecule has 0 unspecified atom stereocenters.